The first-order chi connectivity index (χ1) is 26.3. The fourth-order valence-corrected chi connectivity index (χ4v) is 9.24. The van der Waals surface area contributed by atoms with Gasteiger partial charge in [0.05, 0.1) is 56.0 Å². The van der Waals surface area contributed by atoms with Crippen LogP contribution < -0.4 is 5.32 Å². The first kappa shape index (κ1) is 51.6. The van der Waals surface area contributed by atoms with Crippen molar-refractivity contribution in [1.82, 2.24) is 29.9 Å². The van der Waals surface area contributed by atoms with Crippen LogP contribution in [0.1, 0.15) is 122 Å². The monoisotopic (exact) mass is 827 g/mol. The molecule has 1 amide bonds. The summed E-state index contributed by atoms with van der Waals surface area (Å²) in [5, 5.41) is 21.1. The van der Waals surface area contributed by atoms with E-state index in [0.717, 1.165) is 44.5 Å². The van der Waals surface area contributed by atoms with Gasteiger partial charge in [-0.05, 0) is 100 Å². The van der Waals surface area contributed by atoms with Crippen LogP contribution in [0.3, 0.4) is 0 Å². The number of ketones is 1. The lowest BCUT2D eigenvalue weighted by Crippen LogP contribution is -2.56. The Labute approximate surface area is 347 Å². The highest BCUT2D eigenvalue weighted by Gasteiger charge is 2.35. The number of nitrogens with one attached hydrogen (secondary N) is 1. The number of aliphatic hydroxyl groups is 1. The number of hydrogen-bond donors (Lipinski definition) is 2. The molecule has 2 rings (SSSR count). The molecule has 2 atom stereocenters. The Morgan fingerprint density at radius 1 is 0.877 bits per heavy atom. The van der Waals surface area contributed by atoms with Gasteiger partial charge in [-0.15, -0.1) is 5.10 Å². The highest BCUT2D eigenvalue weighted by Crippen LogP contribution is 2.43. The van der Waals surface area contributed by atoms with Crippen molar-refractivity contribution in [3.63, 3.8) is 0 Å². The van der Waals surface area contributed by atoms with Crippen molar-refractivity contribution < 1.29 is 33.6 Å². The van der Waals surface area contributed by atoms with E-state index in [1.165, 1.54) is 0 Å². The molecule has 2 unspecified atom stereocenters. The summed E-state index contributed by atoms with van der Waals surface area (Å²) in [5.74, 6) is 0.311. The third-order valence-electron chi connectivity index (χ3n) is 10.9. The third-order valence-corrected chi connectivity index (χ3v) is 13.6. The molecular weight excluding hydrogens is 743 g/mol. The van der Waals surface area contributed by atoms with Crippen molar-refractivity contribution in [3.05, 3.63) is 11.9 Å². The number of amides is 1. The molecule has 0 aromatic carbocycles. The van der Waals surface area contributed by atoms with Gasteiger partial charge in [-0.1, -0.05) is 46.8 Å². The van der Waals surface area contributed by atoms with Crippen molar-refractivity contribution in [3.8, 4) is 0 Å². The van der Waals surface area contributed by atoms with Gasteiger partial charge in [-0.3, -0.25) is 19.2 Å². The summed E-state index contributed by atoms with van der Waals surface area (Å²) in [6, 6.07) is 0. The van der Waals surface area contributed by atoms with Crippen LogP contribution in [-0.2, 0) is 41.7 Å². The fourth-order valence-electron chi connectivity index (χ4n) is 6.83. The Morgan fingerprint density at radius 2 is 1.51 bits per heavy atom. The molecule has 0 bridgehead atoms. The molecule has 0 spiro atoms. The van der Waals surface area contributed by atoms with Crippen LogP contribution in [0, 0.1) is 23.2 Å². The standard InChI is InChI=1S/C43H83N6O7P/c1-33(2)36(16-23-50)38(52)44-29-39(5,6)32-57(15)49-20-18-47(19-21-49)40(7,8)30-55-41(9,10)17-24-53-28-35-27-48(46-45-35)22-25-54-43(13,14)31-56-42(11,12)26-37(51)34(3)4/h27,33-34,36,50H,16-26,28-32H2,1-15H3,(H,44,52). The van der Waals surface area contributed by atoms with Crippen molar-refractivity contribution in [2.24, 2.45) is 23.2 Å². The first-order valence-electron chi connectivity index (χ1n) is 21.3. The minimum absolute atomic E-state index is 0.00382. The molecule has 1 fully saturated rings. The van der Waals surface area contributed by atoms with Crippen LogP contribution in [0.2, 0.25) is 0 Å². The molecule has 0 radical (unpaired) electrons. The van der Waals surface area contributed by atoms with Crippen molar-refractivity contribution in [2.75, 3.05) is 78.6 Å². The zero-order chi connectivity index (χ0) is 43.2. The molecule has 332 valence electrons. The number of aromatic nitrogens is 3. The summed E-state index contributed by atoms with van der Waals surface area (Å²) in [7, 11) is -0.331. The Kier molecular flexibility index (Phi) is 20.7. The van der Waals surface area contributed by atoms with Crippen molar-refractivity contribution >= 4 is 19.8 Å². The van der Waals surface area contributed by atoms with Crippen molar-refractivity contribution in [2.45, 2.75) is 152 Å². The predicted octanol–water partition coefficient (Wildman–Crippen LogP) is 6.41. The molecule has 13 nitrogen and oxygen atoms in total. The molecule has 2 N–H and O–H groups in total. The van der Waals surface area contributed by atoms with E-state index < -0.39 is 11.2 Å². The Hall–Kier alpha value is -1.57. The molecule has 1 aliphatic rings. The van der Waals surface area contributed by atoms with Crippen LogP contribution in [-0.4, -0.2) is 142 Å². The molecule has 0 saturated carbocycles. The number of ether oxygens (including phenoxy) is 4. The third kappa shape index (κ3) is 19.6. The predicted molar refractivity (Wildman–Crippen MR) is 231 cm³/mol. The van der Waals surface area contributed by atoms with Gasteiger partial charge in [0, 0.05) is 69.7 Å². The van der Waals surface area contributed by atoms with Gasteiger partial charge >= 0.3 is 0 Å². The first-order valence-corrected chi connectivity index (χ1v) is 23.2. The van der Waals surface area contributed by atoms with Crippen LogP contribution >= 0.6 is 8.07 Å². The van der Waals surface area contributed by atoms with E-state index in [-0.39, 0.29) is 60.7 Å². The van der Waals surface area contributed by atoms with Crippen LogP contribution in [0.15, 0.2) is 6.20 Å². The van der Waals surface area contributed by atoms with E-state index in [2.05, 4.69) is 73.4 Å². The average molecular weight is 827 g/mol. The van der Waals surface area contributed by atoms with E-state index in [1.54, 1.807) is 4.68 Å². The molecule has 0 aliphatic carbocycles. The summed E-state index contributed by atoms with van der Waals surface area (Å²) in [4.78, 5) is 27.6. The highest BCUT2D eigenvalue weighted by molar-refractivity contribution is 7.54. The lowest BCUT2D eigenvalue weighted by molar-refractivity contribution is -0.140. The average Bonchev–Trinajstić information content (AvgIpc) is 3.57. The number of rotatable bonds is 28. The second kappa shape index (κ2) is 22.9. The van der Waals surface area contributed by atoms with Crippen LogP contribution in [0.4, 0.5) is 0 Å². The van der Waals surface area contributed by atoms with E-state index >= 15 is 0 Å². The maximum absolute atomic E-state index is 12.8. The Bertz CT molecular complexity index is 1340. The summed E-state index contributed by atoms with van der Waals surface area (Å²) in [5.41, 5.74) is -0.719. The largest absolute Gasteiger partial charge is 0.396 e. The van der Waals surface area contributed by atoms with E-state index in [9.17, 15) is 14.7 Å². The van der Waals surface area contributed by atoms with E-state index in [1.807, 2.05) is 61.6 Å². The second-order valence-corrected chi connectivity index (χ2v) is 22.3. The van der Waals surface area contributed by atoms with Crippen LogP contribution in [0.5, 0.6) is 0 Å². The van der Waals surface area contributed by atoms with Gasteiger partial charge in [-0.25, -0.2) is 4.68 Å². The summed E-state index contributed by atoms with van der Waals surface area (Å²) in [6.07, 6.45) is 4.60. The molecule has 1 aliphatic heterocycles. The smallest absolute Gasteiger partial charge is 0.223 e. The van der Waals surface area contributed by atoms with Gasteiger partial charge in [0.25, 0.3) is 0 Å². The fraction of sp³-hybridized carbons (Fsp3) is 0.907. The summed E-state index contributed by atoms with van der Waals surface area (Å²) >= 11 is 0. The maximum Gasteiger partial charge on any atom is 0.223 e. The van der Waals surface area contributed by atoms with E-state index in [4.69, 9.17) is 18.9 Å². The molecule has 1 saturated heterocycles. The number of carbonyl (C=O) groups is 2. The number of hydrogen-bond acceptors (Lipinski definition) is 11. The minimum atomic E-state index is -0.541. The maximum atomic E-state index is 12.8. The Balaban J connectivity index is 1.69. The van der Waals surface area contributed by atoms with Gasteiger partial charge in [0.15, 0.2) is 0 Å². The quantitative estimate of drug-likeness (QED) is 0.0716. The molecular formula is C43H83N6O7P. The minimum Gasteiger partial charge on any atom is -0.396 e. The molecule has 2 heterocycles. The molecule has 1 aromatic heterocycles. The number of nitrogens with zero attached hydrogens (tertiary/aromatic N) is 5. The van der Waals surface area contributed by atoms with Gasteiger partial charge in [-0.2, -0.15) is 0 Å². The van der Waals surface area contributed by atoms with Gasteiger partial charge < -0.3 is 29.4 Å². The highest BCUT2D eigenvalue weighted by atomic mass is 31.1. The second-order valence-electron chi connectivity index (χ2n) is 20.1. The topological polar surface area (TPSA) is 141 Å². The molecule has 1 aromatic rings. The number of Topliss-reactive ketones (excluding diaryl/α,β-unsaturated/α-hetero) is 1. The lowest BCUT2D eigenvalue weighted by atomic mass is 9.90. The van der Waals surface area contributed by atoms with Crippen molar-refractivity contribution in [1.29, 1.82) is 0 Å². The lowest BCUT2D eigenvalue weighted by Gasteiger charge is -2.47. The molecule has 57 heavy (non-hydrogen) atoms. The van der Waals surface area contributed by atoms with E-state index in [0.29, 0.717) is 59.0 Å². The van der Waals surface area contributed by atoms with Gasteiger partial charge in [0.2, 0.25) is 5.91 Å². The summed E-state index contributed by atoms with van der Waals surface area (Å²) in [6.45, 7) is 39.2. The molecule has 14 heteroatoms. The number of carbonyl (C=O) groups excluding carboxylic acids is 2. The van der Waals surface area contributed by atoms with Gasteiger partial charge in [0.1, 0.15) is 11.5 Å². The number of aliphatic hydroxyl groups excluding tert-OH is 1. The zero-order valence-corrected chi connectivity index (χ0v) is 39.6. The number of piperazine rings is 1. The Morgan fingerprint density at radius 3 is 2.11 bits per heavy atom. The van der Waals surface area contributed by atoms with Crippen LogP contribution in [0.25, 0.3) is 0 Å². The SMILES string of the molecule is CC(C)C(=O)CC(C)(C)OCC(C)(C)OCCn1cc(COCCC(C)(C)OCC(C)(C)N2CCN(P(C)CC(C)(C)CNC(=O)C(CCO)C(C)C)CC2)nn1. The normalized spacial score (nSPS) is 16.7. The zero-order valence-electron chi connectivity index (χ0n) is 38.7. The summed E-state index contributed by atoms with van der Waals surface area (Å²) < 4.78 is 29.1.